The molecule has 3 heterocycles. The highest BCUT2D eigenvalue weighted by atomic mass is 19.3. The summed E-state index contributed by atoms with van der Waals surface area (Å²) < 4.78 is 34.6. The van der Waals surface area contributed by atoms with Gasteiger partial charge in [0.25, 0.3) is 17.4 Å². The third-order valence-electron chi connectivity index (χ3n) is 5.51. The molecule has 3 aromatic rings. The number of hydrogen-bond donors (Lipinski definition) is 1. The second-order valence-corrected chi connectivity index (χ2v) is 7.83. The van der Waals surface area contributed by atoms with Crippen molar-refractivity contribution in [3.63, 3.8) is 0 Å². The lowest BCUT2D eigenvalue weighted by atomic mass is 10.0. The minimum atomic E-state index is -3.24. The number of alkyl halides is 2. The van der Waals surface area contributed by atoms with Gasteiger partial charge in [0.15, 0.2) is 0 Å². The van der Waals surface area contributed by atoms with Gasteiger partial charge in [-0.2, -0.15) is 8.78 Å². The van der Waals surface area contributed by atoms with Gasteiger partial charge < -0.3 is 10.1 Å². The molecule has 1 saturated heterocycles. The Hall–Kier alpha value is -3.13. The Morgan fingerprint density at radius 2 is 1.87 bits per heavy atom. The van der Waals surface area contributed by atoms with Crippen molar-refractivity contribution in [2.45, 2.75) is 38.7 Å². The Morgan fingerprint density at radius 3 is 2.52 bits per heavy atom. The molecule has 0 atom stereocenters. The number of aromatic nitrogens is 2. The van der Waals surface area contributed by atoms with E-state index in [4.69, 9.17) is 4.74 Å². The number of carbonyl (C=O) groups is 1. The summed E-state index contributed by atoms with van der Waals surface area (Å²) >= 11 is 0. The van der Waals surface area contributed by atoms with E-state index in [-0.39, 0.29) is 23.2 Å². The molecule has 8 heteroatoms. The van der Waals surface area contributed by atoms with E-state index >= 15 is 0 Å². The molecule has 6 nitrogen and oxygen atoms in total. The lowest BCUT2D eigenvalue weighted by Crippen LogP contribution is -2.38. The van der Waals surface area contributed by atoms with Crippen molar-refractivity contribution < 1.29 is 18.3 Å². The van der Waals surface area contributed by atoms with Gasteiger partial charge >= 0.3 is 0 Å². The van der Waals surface area contributed by atoms with Crippen molar-refractivity contribution in [1.82, 2.24) is 14.7 Å². The Balaban J connectivity index is 1.69. The SMILES string of the molecule is Cc1c(C(C)(F)F)nc2c(-c3ccc(C(=O)NC4CCOCC4)cc3)cccn2c1=O. The lowest BCUT2D eigenvalue weighted by Gasteiger charge is -2.23. The van der Waals surface area contributed by atoms with Crippen LogP contribution in [0.3, 0.4) is 0 Å². The summed E-state index contributed by atoms with van der Waals surface area (Å²) in [4.78, 5) is 29.3. The van der Waals surface area contributed by atoms with Crippen molar-refractivity contribution in [2.24, 2.45) is 0 Å². The Bertz CT molecular complexity index is 1180. The van der Waals surface area contributed by atoms with Crippen LogP contribution in [0.4, 0.5) is 8.78 Å². The predicted molar refractivity (Wildman–Crippen MR) is 113 cm³/mol. The maximum absolute atomic E-state index is 14.0. The number of halogens is 2. The zero-order chi connectivity index (χ0) is 22.2. The van der Waals surface area contributed by atoms with E-state index in [1.54, 1.807) is 36.4 Å². The molecule has 0 spiro atoms. The Kier molecular flexibility index (Phi) is 5.58. The number of fused-ring (bicyclic) bond motifs is 1. The first-order chi connectivity index (χ1) is 14.8. The van der Waals surface area contributed by atoms with Crippen LogP contribution in [-0.4, -0.2) is 34.5 Å². The first kappa shape index (κ1) is 21.1. The molecular formula is C23H23F2N3O3. The minimum Gasteiger partial charge on any atom is -0.381 e. The first-order valence-electron chi connectivity index (χ1n) is 10.1. The summed E-state index contributed by atoms with van der Waals surface area (Å²) in [6, 6.07) is 10.3. The van der Waals surface area contributed by atoms with Gasteiger partial charge in [-0.3, -0.25) is 14.0 Å². The number of ether oxygens (including phenoxy) is 1. The van der Waals surface area contributed by atoms with Gasteiger partial charge in [0.1, 0.15) is 11.3 Å². The highest BCUT2D eigenvalue weighted by molar-refractivity contribution is 5.95. The standard InChI is InChI=1S/C23H23F2N3O3/c1-14-19(23(2,24)25)27-20-18(4-3-11-28(20)22(14)30)15-5-7-16(8-6-15)21(29)26-17-9-12-31-13-10-17/h3-8,11,17H,9-10,12-13H2,1-2H3,(H,26,29). The van der Waals surface area contributed by atoms with Gasteiger partial charge in [0, 0.05) is 49.1 Å². The van der Waals surface area contributed by atoms with Crippen LogP contribution in [0, 0.1) is 6.92 Å². The Labute approximate surface area is 177 Å². The van der Waals surface area contributed by atoms with Gasteiger partial charge in [-0.05, 0) is 49.6 Å². The second-order valence-electron chi connectivity index (χ2n) is 7.83. The van der Waals surface area contributed by atoms with Crippen LogP contribution in [0.1, 0.15) is 41.4 Å². The largest absolute Gasteiger partial charge is 0.381 e. The monoisotopic (exact) mass is 427 g/mol. The summed E-state index contributed by atoms with van der Waals surface area (Å²) in [6.45, 7) is 3.35. The molecule has 0 bridgehead atoms. The third-order valence-corrected chi connectivity index (χ3v) is 5.51. The highest BCUT2D eigenvalue weighted by Gasteiger charge is 2.31. The van der Waals surface area contributed by atoms with Crippen LogP contribution < -0.4 is 10.9 Å². The molecule has 1 N–H and O–H groups in total. The second kappa shape index (κ2) is 8.19. The molecule has 1 aliphatic heterocycles. The zero-order valence-corrected chi connectivity index (χ0v) is 17.3. The van der Waals surface area contributed by atoms with Crippen LogP contribution in [0.2, 0.25) is 0 Å². The number of pyridine rings is 1. The van der Waals surface area contributed by atoms with E-state index in [2.05, 4.69) is 10.3 Å². The molecule has 1 fully saturated rings. The summed E-state index contributed by atoms with van der Waals surface area (Å²) in [5, 5.41) is 3.00. The normalized spacial score (nSPS) is 15.2. The molecular weight excluding hydrogens is 404 g/mol. The van der Waals surface area contributed by atoms with Crippen LogP contribution in [-0.2, 0) is 10.7 Å². The number of hydrogen-bond acceptors (Lipinski definition) is 4. The minimum absolute atomic E-state index is 0.0812. The molecule has 4 rings (SSSR count). The number of nitrogens with one attached hydrogen (secondary N) is 1. The van der Waals surface area contributed by atoms with Crippen molar-refractivity contribution >= 4 is 11.6 Å². The number of rotatable bonds is 4. The van der Waals surface area contributed by atoms with E-state index in [1.165, 1.54) is 17.5 Å². The molecule has 1 amide bonds. The molecule has 0 saturated carbocycles. The molecule has 2 aromatic heterocycles. The van der Waals surface area contributed by atoms with Gasteiger partial charge in [0.05, 0.1) is 0 Å². The van der Waals surface area contributed by atoms with Gasteiger partial charge in [0.2, 0.25) is 0 Å². The maximum Gasteiger partial charge on any atom is 0.287 e. The quantitative estimate of drug-likeness (QED) is 0.689. The topological polar surface area (TPSA) is 72.7 Å². The van der Waals surface area contributed by atoms with Crippen LogP contribution in [0.15, 0.2) is 47.4 Å². The van der Waals surface area contributed by atoms with E-state index in [1.807, 2.05) is 0 Å². The number of benzene rings is 1. The van der Waals surface area contributed by atoms with Gasteiger partial charge in [-0.25, -0.2) is 4.98 Å². The molecule has 0 aliphatic carbocycles. The zero-order valence-electron chi connectivity index (χ0n) is 17.3. The third kappa shape index (κ3) is 4.20. The van der Waals surface area contributed by atoms with Gasteiger partial charge in [-0.1, -0.05) is 12.1 Å². The van der Waals surface area contributed by atoms with Crippen LogP contribution in [0.25, 0.3) is 16.8 Å². The smallest absolute Gasteiger partial charge is 0.287 e. The van der Waals surface area contributed by atoms with E-state index in [0.29, 0.717) is 29.9 Å². The Morgan fingerprint density at radius 1 is 1.19 bits per heavy atom. The highest BCUT2D eigenvalue weighted by Crippen LogP contribution is 2.29. The first-order valence-corrected chi connectivity index (χ1v) is 10.1. The number of nitrogens with zero attached hydrogens (tertiary/aromatic N) is 2. The molecule has 0 radical (unpaired) electrons. The summed E-state index contributed by atoms with van der Waals surface area (Å²) in [6.07, 6.45) is 3.07. The average Bonchev–Trinajstić information content (AvgIpc) is 2.76. The van der Waals surface area contributed by atoms with Gasteiger partial charge in [-0.15, -0.1) is 0 Å². The predicted octanol–water partition coefficient (Wildman–Crippen LogP) is 3.69. The van der Waals surface area contributed by atoms with Crippen LogP contribution in [0.5, 0.6) is 0 Å². The summed E-state index contributed by atoms with van der Waals surface area (Å²) in [5.74, 6) is -3.41. The maximum atomic E-state index is 14.0. The fourth-order valence-electron chi connectivity index (χ4n) is 3.81. The fourth-order valence-corrected chi connectivity index (χ4v) is 3.81. The molecule has 1 aliphatic rings. The molecule has 1 aromatic carbocycles. The van der Waals surface area contributed by atoms with E-state index in [9.17, 15) is 18.4 Å². The molecule has 0 unspecified atom stereocenters. The molecule has 162 valence electrons. The van der Waals surface area contributed by atoms with E-state index in [0.717, 1.165) is 19.8 Å². The number of amides is 1. The molecule has 31 heavy (non-hydrogen) atoms. The van der Waals surface area contributed by atoms with Crippen molar-refractivity contribution in [3.05, 3.63) is 69.8 Å². The van der Waals surface area contributed by atoms with Crippen LogP contribution >= 0.6 is 0 Å². The lowest BCUT2D eigenvalue weighted by molar-refractivity contribution is 0.0120. The van der Waals surface area contributed by atoms with Crippen molar-refractivity contribution in [2.75, 3.05) is 13.2 Å². The summed E-state index contributed by atoms with van der Waals surface area (Å²) in [7, 11) is 0. The average molecular weight is 427 g/mol. The van der Waals surface area contributed by atoms with E-state index < -0.39 is 17.2 Å². The summed E-state index contributed by atoms with van der Waals surface area (Å²) in [5.41, 5.74) is 0.699. The number of carbonyl (C=O) groups excluding carboxylic acids is 1. The fraction of sp³-hybridized carbons (Fsp3) is 0.348. The van der Waals surface area contributed by atoms with Crippen molar-refractivity contribution in [1.29, 1.82) is 0 Å². The van der Waals surface area contributed by atoms with Crippen molar-refractivity contribution in [3.8, 4) is 11.1 Å².